The van der Waals surface area contributed by atoms with Crippen molar-refractivity contribution in [3.8, 4) is 5.75 Å². The molecule has 2 bridgehead atoms. The minimum Gasteiger partial charge on any atom is -0.497 e. The smallest absolute Gasteiger partial charge is 0.233 e. The number of hydrogen-bond acceptors (Lipinski definition) is 6. The number of carbonyl (C=O) groups is 2. The van der Waals surface area contributed by atoms with E-state index in [2.05, 4.69) is 10.3 Å². The highest BCUT2D eigenvalue weighted by Gasteiger charge is 2.67. The molecular weight excluding hydrogens is 378 g/mol. The van der Waals surface area contributed by atoms with Gasteiger partial charge in [-0.3, -0.25) is 9.59 Å². The number of aromatic nitrogens is 1. The molecule has 2 aromatic rings. The van der Waals surface area contributed by atoms with E-state index in [4.69, 9.17) is 9.47 Å². The van der Waals surface area contributed by atoms with Crippen LogP contribution < -0.4 is 10.1 Å². The van der Waals surface area contributed by atoms with Crippen molar-refractivity contribution in [1.82, 2.24) is 9.88 Å². The average Bonchev–Trinajstić information content (AvgIpc) is 3.39. The summed E-state index contributed by atoms with van der Waals surface area (Å²) in [4.78, 5) is 32.4. The standard InChI is InChI=1S/C20H21N3O4S/c1-10(2)23-9-20-7-6-13(27-20)15(16(20)18(23)25)17(24)22-19-21-12-8-11(26-3)4-5-14(12)28-19/h4-8,10,13,15-16H,9H2,1-3H3,(H,21,22,24)/t13-,15-,16-,20+/m1/s1. The summed E-state index contributed by atoms with van der Waals surface area (Å²) in [6.45, 7) is 4.47. The number of amides is 2. The van der Waals surface area contributed by atoms with Gasteiger partial charge in [0.1, 0.15) is 11.4 Å². The van der Waals surface area contributed by atoms with Crippen LogP contribution in [0.15, 0.2) is 30.4 Å². The molecule has 0 aliphatic carbocycles. The van der Waals surface area contributed by atoms with Gasteiger partial charge in [0.25, 0.3) is 0 Å². The van der Waals surface area contributed by atoms with Gasteiger partial charge in [0.2, 0.25) is 11.8 Å². The lowest BCUT2D eigenvalue weighted by atomic mass is 9.77. The molecule has 4 atom stereocenters. The van der Waals surface area contributed by atoms with Crippen LogP contribution in [0.4, 0.5) is 5.13 Å². The Kier molecular flexibility index (Phi) is 3.79. The summed E-state index contributed by atoms with van der Waals surface area (Å²) in [5.74, 6) is -0.515. The zero-order valence-corrected chi connectivity index (χ0v) is 16.7. The summed E-state index contributed by atoms with van der Waals surface area (Å²) >= 11 is 1.40. The lowest BCUT2D eigenvalue weighted by Gasteiger charge is -2.24. The van der Waals surface area contributed by atoms with Crippen LogP contribution in [0.1, 0.15) is 13.8 Å². The van der Waals surface area contributed by atoms with Gasteiger partial charge in [-0.1, -0.05) is 23.5 Å². The Morgan fingerprint density at radius 3 is 3.04 bits per heavy atom. The van der Waals surface area contributed by atoms with Gasteiger partial charge in [-0.15, -0.1) is 0 Å². The fourth-order valence-electron chi connectivity index (χ4n) is 4.54. The molecule has 0 radical (unpaired) electrons. The lowest BCUT2D eigenvalue weighted by molar-refractivity contribution is -0.136. The van der Waals surface area contributed by atoms with E-state index in [0.717, 1.165) is 16.0 Å². The fraction of sp³-hybridized carbons (Fsp3) is 0.450. The summed E-state index contributed by atoms with van der Waals surface area (Å²) < 4.78 is 12.3. The van der Waals surface area contributed by atoms with Crippen LogP contribution in [0.25, 0.3) is 10.2 Å². The molecule has 2 saturated heterocycles. The van der Waals surface area contributed by atoms with E-state index in [1.807, 2.05) is 44.2 Å². The molecule has 1 N–H and O–H groups in total. The molecular formula is C20H21N3O4S. The van der Waals surface area contributed by atoms with Crippen molar-refractivity contribution < 1.29 is 19.1 Å². The number of likely N-dealkylation sites (tertiary alicyclic amines) is 1. The molecule has 1 spiro atoms. The minimum atomic E-state index is -0.672. The summed E-state index contributed by atoms with van der Waals surface area (Å²) in [5.41, 5.74) is 0.0951. The molecule has 0 saturated carbocycles. The molecule has 146 valence electrons. The van der Waals surface area contributed by atoms with Crippen LogP contribution in [-0.2, 0) is 14.3 Å². The minimum absolute atomic E-state index is 0.00367. The number of anilines is 1. The first-order valence-electron chi connectivity index (χ1n) is 9.35. The topological polar surface area (TPSA) is 80.8 Å². The van der Waals surface area contributed by atoms with Crippen molar-refractivity contribution in [3.05, 3.63) is 30.4 Å². The van der Waals surface area contributed by atoms with E-state index in [0.29, 0.717) is 11.7 Å². The Balaban J connectivity index is 1.41. The van der Waals surface area contributed by atoms with E-state index in [1.54, 1.807) is 12.0 Å². The van der Waals surface area contributed by atoms with Crippen LogP contribution in [0.3, 0.4) is 0 Å². The molecule has 3 aliphatic rings. The zero-order valence-electron chi connectivity index (χ0n) is 15.8. The van der Waals surface area contributed by atoms with Crippen molar-refractivity contribution in [1.29, 1.82) is 0 Å². The first-order valence-corrected chi connectivity index (χ1v) is 10.2. The maximum atomic E-state index is 13.1. The van der Waals surface area contributed by atoms with E-state index in [9.17, 15) is 9.59 Å². The van der Waals surface area contributed by atoms with Crippen molar-refractivity contribution in [2.45, 2.75) is 31.6 Å². The van der Waals surface area contributed by atoms with Crippen LogP contribution in [0.2, 0.25) is 0 Å². The van der Waals surface area contributed by atoms with Crippen molar-refractivity contribution >= 4 is 38.5 Å². The van der Waals surface area contributed by atoms with Gasteiger partial charge in [-0.25, -0.2) is 4.98 Å². The van der Waals surface area contributed by atoms with Gasteiger partial charge in [-0.05, 0) is 26.0 Å². The number of benzene rings is 1. The maximum absolute atomic E-state index is 13.1. The highest BCUT2D eigenvalue weighted by atomic mass is 32.1. The van der Waals surface area contributed by atoms with Gasteiger partial charge in [0.05, 0.1) is 41.8 Å². The number of nitrogens with one attached hydrogen (secondary N) is 1. The van der Waals surface area contributed by atoms with E-state index in [-0.39, 0.29) is 24.0 Å². The quantitative estimate of drug-likeness (QED) is 0.799. The summed E-state index contributed by atoms with van der Waals surface area (Å²) in [6, 6.07) is 5.69. The number of ether oxygens (including phenoxy) is 2. The normalized spacial score (nSPS) is 30.5. The summed E-state index contributed by atoms with van der Waals surface area (Å²) in [7, 11) is 1.60. The molecule has 2 amide bonds. The Labute approximate surface area is 166 Å². The average molecular weight is 399 g/mol. The highest BCUT2D eigenvalue weighted by molar-refractivity contribution is 7.22. The number of carbonyl (C=O) groups excluding carboxylic acids is 2. The molecule has 1 aromatic heterocycles. The zero-order chi connectivity index (χ0) is 19.6. The Morgan fingerprint density at radius 2 is 2.29 bits per heavy atom. The highest BCUT2D eigenvalue weighted by Crippen LogP contribution is 2.52. The van der Waals surface area contributed by atoms with E-state index >= 15 is 0 Å². The number of thiazole rings is 1. The molecule has 1 aromatic carbocycles. The summed E-state index contributed by atoms with van der Waals surface area (Å²) in [6.07, 6.45) is 3.52. The number of methoxy groups -OCH3 is 1. The predicted molar refractivity (Wildman–Crippen MR) is 105 cm³/mol. The van der Waals surface area contributed by atoms with Crippen LogP contribution in [-0.4, -0.2) is 53.1 Å². The number of nitrogens with zero attached hydrogens (tertiary/aromatic N) is 2. The van der Waals surface area contributed by atoms with Gasteiger partial charge >= 0.3 is 0 Å². The second kappa shape index (κ2) is 6.02. The van der Waals surface area contributed by atoms with Crippen molar-refractivity contribution in [2.24, 2.45) is 11.8 Å². The molecule has 4 heterocycles. The maximum Gasteiger partial charge on any atom is 0.233 e. The van der Waals surface area contributed by atoms with Gasteiger partial charge in [0, 0.05) is 12.1 Å². The first-order chi connectivity index (χ1) is 13.4. The molecule has 2 fully saturated rings. The lowest BCUT2D eigenvalue weighted by Crippen LogP contribution is -2.42. The van der Waals surface area contributed by atoms with E-state index < -0.39 is 17.4 Å². The number of fused-ring (bicyclic) bond motifs is 2. The third-order valence-electron chi connectivity index (χ3n) is 5.88. The van der Waals surface area contributed by atoms with Gasteiger partial charge in [-0.2, -0.15) is 0 Å². The second-order valence-electron chi connectivity index (χ2n) is 7.80. The van der Waals surface area contributed by atoms with Crippen LogP contribution in [0, 0.1) is 11.8 Å². The van der Waals surface area contributed by atoms with Crippen molar-refractivity contribution in [3.63, 3.8) is 0 Å². The van der Waals surface area contributed by atoms with Crippen molar-refractivity contribution in [2.75, 3.05) is 19.0 Å². The molecule has 8 heteroatoms. The molecule has 7 nitrogen and oxygen atoms in total. The van der Waals surface area contributed by atoms with Crippen LogP contribution in [0.5, 0.6) is 5.75 Å². The molecule has 0 unspecified atom stereocenters. The molecule has 28 heavy (non-hydrogen) atoms. The molecule has 3 aliphatic heterocycles. The van der Waals surface area contributed by atoms with Crippen LogP contribution >= 0.6 is 11.3 Å². The predicted octanol–water partition coefficient (Wildman–Crippen LogP) is 2.43. The molecule has 5 rings (SSSR count). The van der Waals surface area contributed by atoms with Gasteiger partial charge < -0.3 is 19.7 Å². The largest absolute Gasteiger partial charge is 0.497 e. The number of hydrogen-bond donors (Lipinski definition) is 1. The monoisotopic (exact) mass is 399 g/mol. The van der Waals surface area contributed by atoms with E-state index in [1.165, 1.54) is 11.3 Å². The SMILES string of the molecule is COc1ccc2sc(NC(=O)[C@@H]3[C@H]4C=C[C@@]5(CN(C(C)C)C(=O)[C@@H]35)O4)nc2c1. The summed E-state index contributed by atoms with van der Waals surface area (Å²) in [5, 5.41) is 3.43. The second-order valence-corrected chi connectivity index (χ2v) is 8.83. The Hall–Kier alpha value is -2.45. The third-order valence-corrected chi connectivity index (χ3v) is 6.83. The Bertz CT molecular complexity index is 1020. The van der Waals surface area contributed by atoms with Gasteiger partial charge in [0.15, 0.2) is 5.13 Å². The fourth-order valence-corrected chi connectivity index (χ4v) is 5.39. The third kappa shape index (κ3) is 2.41. The first kappa shape index (κ1) is 17.6. The number of rotatable bonds is 4. The Morgan fingerprint density at radius 1 is 1.46 bits per heavy atom.